The van der Waals surface area contributed by atoms with Crippen molar-refractivity contribution < 1.29 is 4.79 Å². The van der Waals surface area contributed by atoms with Crippen molar-refractivity contribution in [2.45, 2.75) is 51.5 Å². The van der Waals surface area contributed by atoms with E-state index in [4.69, 9.17) is 0 Å². The van der Waals surface area contributed by atoms with E-state index in [9.17, 15) is 4.79 Å². The molecule has 1 aliphatic heterocycles. The molecule has 0 aromatic heterocycles. The molecule has 3 nitrogen and oxygen atoms in total. The molecule has 0 spiro atoms. The molecule has 0 bridgehead atoms. The van der Waals surface area contributed by atoms with E-state index in [1.54, 1.807) is 0 Å². The van der Waals surface area contributed by atoms with E-state index in [0.717, 1.165) is 32.5 Å². The lowest BCUT2D eigenvalue weighted by molar-refractivity contribution is -0.127. The predicted octanol–water partition coefficient (Wildman–Crippen LogP) is 2.41. The van der Waals surface area contributed by atoms with Crippen LogP contribution in [0.15, 0.2) is 0 Å². The quantitative estimate of drug-likeness (QED) is 0.781. The van der Waals surface area contributed by atoms with Crippen LogP contribution in [0.2, 0.25) is 0 Å². The van der Waals surface area contributed by atoms with Gasteiger partial charge in [-0.2, -0.15) is 0 Å². The van der Waals surface area contributed by atoms with Gasteiger partial charge in [-0.1, -0.05) is 26.2 Å². The molecular formula is C16H30N2O. The third-order valence-corrected chi connectivity index (χ3v) is 5.26. The molecule has 3 unspecified atom stereocenters. The fraction of sp³-hybridized carbons (Fsp3) is 0.938. The maximum Gasteiger partial charge on any atom is 0.137 e. The normalized spacial score (nSPS) is 34.4. The van der Waals surface area contributed by atoms with Crippen LogP contribution in [-0.4, -0.2) is 55.4 Å². The summed E-state index contributed by atoms with van der Waals surface area (Å²) >= 11 is 0. The summed E-state index contributed by atoms with van der Waals surface area (Å²) in [5.74, 6) is 1.56. The Morgan fingerprint density at radius 3 is 2.63 bits per heavy atom. The van der Waals surface area contributed by atoms with Crippen LogP contribution in [0, 0.1) is 11.8 Å². The lowest BCUT2D eigenvalue weighted by Crippen LogP contribution is -2.51. The minimum absolute atomic E-state index is 0.361. The van der Waals surface area contributed by atoms with E-state index in [1.807, 2.05) is 0 Å². The lowest BCUT2D eigenvalue weighted by atomic mass is 9.74. The van der Waals surface area contributed by atoms with E-state index >= 15 is 0 Å². The van der Waals surface area contributed by atoms with Crippen molar-refractivity contribution in [2.24, 2.45) is 11.8 Å². The first-order valence-corrected chi connectivity index (χ1v) is 8.03. The van der Waals surface area contributed by atoms with Crippen LogP contribution >= 0.6 is 0 Å². The first-order chi connectivity index (χ1) is 9.11. The van der Waals surface area contributed by atoms with E-state index in [0.29, 0.717) is 23.7 Å². The molecule has 110 valence electrons. The zero-order valence-corrected chi connectivity index (χ0v) is 12.9. The molecule has 19 heavy (non-hydrogen) atoms. The second-order valence-electron chi connectivity index (χ2n) is 6.63. The van der Waals surface area contributed by atoms with Crippen molar-refractivity contribution in [3.8, 4) is 0 Å². The maximum atomic E-state index is 12.6. The number of rotatable bonds is 4. The first-order valence-electron chi connectivity index (χ1n) is 8.03. The molecule has 1 aliphatic carbocycles. The second-order valence-corrected chi connectivity index (χ2v) is 6.63. The summed E-state index contributed by atoms with van der Waals surface area (Å²) < 4.78 is 0. The van der Waals surface area contributed by atoms with Crippen molar-refractivity contribution in [2.75, 3.05) is 33.7 Å². The summed E-state index contributed by atoms with van der Waals surface area (Å²) in [5.41, 5.74) is 0. The molecule has 2 fully saturated rings. The number of ketones is 1. The molecule has 1 saturated carbocycles. The molecule has 1 saturated heterocycles. The van der Waals surface area contributed by atoms with Gasteiger partial charge in [0.2, 0.25) is 0 Å². The molecule has 0 radical (unpaired) electrons. The second kappa shape index (κ2) is 6.85. The third-order valence-electron chi connectivity index (χ3n) is 5.26. The van der Waals surface area contributed by atoms with Crippen molar-refractivity contribution in [3.05, 3.63) is 0 Å². The first kappa shape index (κ1) is 15.0. The van der Waals surface area contributed by atoms with Gasteiger partial charge in [-0.05, 0) is 32.9 Å². The van der Waals surface area contributed by atoms with Gasteiger partial charge in [0.1, 0.15) is 5.78 Å². The Hall–Kier alpha value is -0.410. The molecule has 0 amide bonds. The summed E-state index contributed by atoms with van der Waals surface area (Å²) in [5, 5.41) is 0. The summed E-state index contributed by atoms with van der Waals surface area (Å²) in [6.07, 6.45) is 6.94. The van der Waals surface area contributed by atoms with Gasteiger partial charge in [0.05, 0.1) is 0 Å². The number of carbonyl (C=O) groups excluding carboxylic acids is 1. The highest BCUT2D eigenvalue weighted by Crippen LogP contribution is 2.34. The van der Waals surface area contributed by atoms with E-state index < -0.39 is 0 Å². The Bertz CT molecular complexity index is 305. The lowest BCUT2D eigenvalue weighted by Gasteiger charge is -2.39. The summed E-state index contributed by atoms with van der Waals surface area (Å²) in [4.78, 5) is 17.4. The van der Waals surface area contributed by atoms with Crippen LogP contribution < -0.4 is 0 Å². The topological polar surface area (TPSA) is 23.6 Å². The smallest absolute Gasteiger partial charge is 0.137 e. The fourth-order valence-corrected chi connectivity index (χ4v) is 3.83. The molecule has 3 atom stereocenters. The average Bonchev–Trinajstić information content (AvgIpc) is 2.42. The van der Waals surface area contributed by atoms with E-state index in [-0.39, 0.29) is 0 Å². The standard InChI is InChI=1S/C16H30N2O/c1-4-13-7-5-6-8-15(13)16(19)11-14-12-17(2)9-10-18(14)3/h13-15H,4-12H2,1-3H3. The summed E-state index contributed by atoms with van der Waals surface area (Å²) in [6, 6.07) is 0.436. The highest BCUT2D eigenvalue weighted by atomic mass is 16.1. The van der Waals surface area contributed by atoms with Crippen molar-refractivity contribution in [3.63, 3.8) is 0 Å². The van der Waals surface area contributed by atoms with Gasteiger partial charge in [-0.25, -0.2) is 0 Å². The Kier molecular flexibility index (Phi) is 5.40. The van der Waals surface area contributed by atoms with Crippen LogP contribution in [0.3, 0.4) is 0 Å². The third kappa shape index (κ3) is 3.79. The molecule has 0 aromatic carbocycles. The van der Waals surface area contributed by atoms with Gasteiger partial charge in [0.15, 0.2) is 0 Å². The number of nitrogens with zero attached hydrogens (tertiary/aromatic N) is 2. The highest BCUT2D eigenvalue weighted by molar-refractivity contribution is 5.82. The average molecular weight is 266 g/mol. The van der Waals surface area contributed by atoms with Crippen LogP contribution in [0.1, 0.15) is 45.4 Å². The Morgan fingerprint density at radius 2 is 1.89 bits per heavy atom. The van der Waals surface area contributed by atoms with Gasteiger partial charge >= 0.3 is 0 Å². The number of hydrogen-bond donors (Lipinski definition) is 0. The Labute approximate surface area is 118 Å². The molecular weight excluding hydrogens is 236 g/mol. The number of Topliss-reactive ketones (excluding diaryl/α,β-unsaturated/α-hetero) is 1. The minimum Gasteiger partial charge on any atom is -0.304 e. The van der Waals surface area contributed by atoms with Crippen LogP contribution in [-0.2, 0) is 4.79 Å². The summed E-state index contributed by atoms with van der Waals surface area (Å²) in [7, 11) is 4.34. The SMILES string of the molecule is CCC1CCCCC1C(=O)CC1CN(C)CCN1C. The molecule has 0 aromatic rings. The zero-order chi connectivity index (χ0) is 13.8. The highest BCUT2D eigenvalue weighted by Gasteiger charge is 2.32. The molecule has 0 N–H and O–H groups in total. The van der Waals surface area contributed by atoms with Gasteiger partial charge in [-0.15, -0.1) is 0 Å². The Balaban J connectivity index is 1.91. The number of piperazine rings is 1. The fourth-order valence-electron chi connectivity index (χ4n) is 3.83. The van der Waals surface area contributed by atoms with Gasteiger partial charge < -0.3 is 9.80 Å². The minimum atomic E-state index is 0.361. The molecule has 2 aliphatic rings. The number of carbonyl (C=O) groups is 1. The van der Waals surface area contributed by atoms with Gasteiger partial charge in [0, 0.05) is 38.0 Å². The van der Waals surface area contributed by atoms with Crippen molar-refractivity contribution >= 4 is 5.78 Å². The predicted molar refractivity (Wildman–Crippen MR) is 79.3 cm³/mol. The Morgan fingerprint density at radius 1 is 1.16 bits per heavy atom. The van der Waals surface area contributed by atoms with Gasteiger partial charge in [0.25, 0.3) is 0 Å². The van der Waals surface area contributed by atoms with Crippen LogP contribution in [0.4, 0.5) is 0 Å². The largest absolute Gasteiger partial charge is 0.304 e. The van der Waals surface area contributed by atoms with Gasteiger partial charge in [-0.3, -0.25) is 4.79 Å². The zero-order valence-electron chi connectivity index (χ0n) is 12.9. The summed E-state index contributed by atoms with van der Waals surface area (Å²) in [6.45, 7) is 5.51. The number of likely N-dealkylation sites (N-methyl/N-ethyl adjacent to an activating group) is 2. The maximum absolute atomic E-state index is 12.6. The molecule has 2 rings (SSSR count). The number of hydrogen-bond acceptors (Lipinski definition) is 3. The van der Waals surface area contributed by atoms with Crippen molar-refractivity contribution in [1.29, 1.82) is 0 Å². The van der Waals surface area contributed by atoms with E-state index in [1.165, 1.54) is 25.7 Å². The molecule has 3 heteroatoms. The van der Waals surface area contributed by atoms with E-state index in [2.05, 4.69) is 30.8 Å². The van der Waals surface area contributed by atoms with Crippen molar-refractivity contribution in [1.82, 2.24) is 9.80 Å². The monoisotopic (exact) mass is 266 g/mol. The van der Waals surface area contributed by atoms with Crippen LogP contribution in [0.25, 0.3) is 0 Å². The van der Waals surface area contributed by atoms with Crippen LogP contribution in [0.5, 0.6) is 0 Å². The molecule has 1 heterocycles.